The van der Waals surface area contributed by atoms with E-state index >= 15 is 0 Å². The molecule has 0 aliphatic carbocycles. The highest BCUT2D eigenvalue weighted by molar-refractivity contribution is 6.42. The number of carboxylic acids is 1. The summed E-state index contributed by atoms with van der Waals surface area (Å²) < 4.78 is 1.55. The van der Waals surface area contributed by atoms with Crippen LogP contribution >= 0.6 is 23.2 Å². The molecule has 27 heavy (non-hydrogen) atoms. The molecule has 0 aliphatic heterocycles. The van der Waals surface area contributed by atoms with Crippen molar-refractivity contribution in [3.63, 3.8) is 0 Å². The van der Waals surface area contributed by atoms with Crippen molar-refractivity contribution >= 4 is 51.8 Å². The summed E-state index contributed by atoms with van der Waals surface area (Å²) in [6, 6.07) is 5.12. The number of benzene rings is 1. The maximum atomic E-state index is 12.6. The molecule has 142 valence electrons. The van der Waals surface area contributed by atoms with E-state index in [0.29, 0.717) is 52.1 Å². The first-order chi connectivity index (χ1) is 12.9. The van der Waals surface area contributed by atoms with Gasteiger partial charge in [0.25, 0.3) is 5.56 Å². The van der Waals surface area contributed by atoms with Crippen molar-refractivity contribution in [2.24, 2.45) is 0 Å². The van der Waals surface area contributed by atoms with Gasteiger partial charge in [-0.05, 0) is 31.0 Å². The van der Waals surface area contributed by atoms with Crippen LogP contribution in [0.15, 0.2) is 29.2 Å². The molecule has 2 heterocycles. The number of nitrogens with zero attached hydrogens (tertiary/aromatic N) is 4. The quantitative estimate of drug-likeness (QED) is 0.579. The minimum Gasteiger partial charge on any atom is -0.481 e. The Hall–Kier alpha value is -2.58. The van der Waals surface area contributed by atoms with E-state index in [1.165, 1.54) is 6.20 Å². The van der Waals surface area contributed by atoms with E-state index in [1.54, 1.807) is 34.8 Å². The monoisotopic (exact) mass is 409 g/mol. The lowest BCUT2D eigenvalue weighted by Crippen LogP contribution is -2.20. The molecule has 2 N–H and O–H groups in total. The normalized spacial score (nSPS) is 11.1. The third-order valence-corrected chi connectivity index (χ3v) is 4.84. The number of aromatic nitrogens is 4. The molecule has 0 aliphatic rings. The van der Waals surface area contributed by atoms with Crippen molar-refractivity contribution in [3.05, 3.63) is 44.8 Å². The maximum absolute atomic E-state index is 12.6. The van der Waals surface area contributed by atoms with Crippen molar-refractivity contribution in [1.29, 1.82) is 0 Å². The fourth-order valence-corrected chi connectivity index (χ4v) is 2.97. The first-order valence-corrected chi connectivity index (χ1v) is 8.99. The third kappa shape index (κ3) is 4.23. The zero-order chi connectivity index (χ0) is 19.6. The molecule has 0 saturated carbocycles. The molecule has 0 fully saturated rings. The molecule has 0 bridgehead atoms. The number of H-pyrrole nitrogens is 1. The molecule has 0 atom stereocenters. The number of aliphatic carboxylic acids is 1. The minimum absolute atomic E-state index is 0.0897. The van der Waals surface area contributed by atoms with Gasteiger partial charge in [0.1, 0.15) is 5.52 Å². The van der Waals surface area contributed by atoms with Gasteiger partial charge in [0.15, 0.2) is 5.52 Å². The summed E-state index contributed by atoms with van der Waals surface area (Å²) in [5, 5.41) is 13.7. The summed E-state index contributed by atoms with van der Waals surface area (Å²) in [6.07, 6.45) is 2.73. The minimum atomic E-state index is -0.838. The number of hydrogen-bond donors (Lipinski definition) is 2. The van der Waals surface area contributed by atoms with Crippen LogP contribution in [0.4, 0.5) is 11.6 Å². The van der Waals surface area contributed by atoms with Gasteiger partial charge in [-0.2, -0.15) is 5.10 Å². The van der Waals surface area contributed by atoms with E-state index in [-0.39, 0.29) is 12.0 Å². The van der Waals surface area contributed by atoms with Gasteiger partial charge in [-0.15, -0.1) is 0 Å². The molecule has 3 rings (SSSR count). The van der Waals surface area contributed by atoms with Crippen LogP contribution in [0, 0.1) is 0 Å². The van der Waals surface area contributed by atoms with Gasteiger partial charge in [-0.1, -0.05) is 23.2 Å². The maximum Gasteiger partial charge on any atom is 0.303 e. The molecule has 3 aromatic rings. The van der Waals surface area contributed by atoms with Crippen LogP contribution in [0.25, 0.3) is 11.0 Å². The Balaban J connectivity index is 1.86. The van der Waals surface area contributed by atoms with Gasteiger partial charge in [0, 0.05) is 25.7 Å². The lowest BCUT2D eigenvalue weighted by Gasteiger charge is -2.18. The number of aryl methyl sites for hydroxylation is 1. The number of rotatable bonds is 7. The van der Waals surface area contributed by atoms with Crippen molar-refractivity contribution in [2.45, 2.75) is 25.8 Å². The molecule has 0 amide bonds. The predicted octanol–water partition coefficient (Wildman–Crippen LogP) is 3.45. The fraction of sp³-hybridized carbons (Fsp3) is 0.294. The first kappa shape index (κ1) is 19.2. The Bertz CT molecular complexity index is 1050. The van der Waals surface area contributed by atoms with E-state index in [9.17, 15) is 9.59 Å². The van der Waals surface area contributed by atoms with Crippen LogP contribution in [0.1, 0.15) is 19.3 Å². The number of carbonyl (C=O) groups is 1. The van der Waals surface area contributed by atoms with Crippen molar-refractivity contribution in [1.82, 2.24) is 19.7 Å². The second kappa shape index (κ2) is 7.98. The second-order valence-electron chi connectivity index (χ2n) is 6.00. The van der Waals surface area contributed by atoms with Gasteiger partial charge in [-0.25, -0.2) is 4.98 Å². The van der Waals surface area contributed by atoms with Gasteiger partial charge >= 0.3 is 5.97 Å². The van der Waals surface area contributed by atoms with Crippen molar-refractivity contribution in [2.75, 3.05) is 11.9 Å². The van der Waals surface area contributed by atoms with E-state index in [4.69, 9.17) is 28.3 Å². The average Bonchev–Trinajstić information content (AvgIpc) is 3.04. The number of hydrogen-bond acceptors (Lipinski definition) is 5. The van der Waals surface area contributed by atoms with Crippen LogP contribution in [-0.4, -0.2) is 37.9 Å². The van der Waals surface area contributed by atoms with Gasteiger partial charge < -0.3 is 10.0 Å². The molecule has 0 unspecified atom stereocenters. The zero-order valence-electron chi connectivity index (χ0n) is 14.4. The number of anilines is 2. The first-order valence-electron chi connectivity index (χ1n) is 8.23. The Morgan fingerprint density at radius 2 is 2.07 bits per heavy atom. The molecule has 0 saturated heterocycles. The molecular formula is C17H17Cl2N5O3. The molecule has 2 aromatic heterocycles. The summed E-state index contributed by atoms with van der Waals surface area (Å²) in [4.78, 5) is 32.0. The SMILES string of the molecule is CN(c1ccc(Cl)c(Cl)c1)c1nc2cnn(CCCCC(=O)O)c2c(=O)[nH]1. The Morgan fingerprint density at radius 3 is 2.78 bits per heavy atom. The van der Waals surface area contributed by atoms with E-state index in [2.05, 4.69) is 15.1 Å². The predicted molar refractivity (Wildman–Crippen MR) is 104 cm³/mol. The lowest BCUT2D eigenvalue weighted by atomic mass is 10.2. The molecule has 8 nitrogen and oxygen atoms in total. The lowest BCUT2D eigenvalue weighted by molar-refractivity contribution is -0.137. The van der Waals surface area contributed by atoms with Crippen LogP contribution in [0.2, 0.25) is 10.0 Å². The third-order valence-electron chi connectivity index (χ3n) is 4.11. The number of unbranched alkanes of at least 4 members (excludes halogenated alkanes) is 1. The number of fused-ring (bicyclic) bond motifs is 1. The van der Waals surface area contributed by atoms with E-state index in [1.807, 2.05) is 0 Å². The number of carboxylic acid groups (broad SMARTS) is 1. The van der Waals surface area contributed by atoms with Crippen LogP contribution in [-0.2, 0) is 11.3 Å². The second-order valence-corrected chi connectivity index (χ2v) is 6.81. The topological polar surface area (TPSA) is 104 Å². The number of aromatic amines is 1. The number of halogens is 2. The summed E-state index contributed by atoms with van der Waals surface area (Å²) in [5.41, 5.74) is 1.21. The summed E-state index contributed by atoms with van der Waals surface area (Å²) >= 11 is 12.0. The van der Waals surface area contributed by atoms with E-state index < -0.39 is 5.97 Å². The Kier molecular flexibility index (Phi) is 5.67. The molecular weight excluding hydrogens is 393 g/mol. The highest BCUT2D eigenvalue weighted by Crippen LogP contribution is 2.29. The fourth-order valence-electron chi connectivity index (χ4n) is 2.68. The van der Waals surface area contributed by atoms with Crippen molar-refractivity contribution < 1.29 is 9.90 Å². The Morgan fingerprint density at radius 1 is 1.30 bits per heavy atom. The highest BCUT2D eigenvalue weighted by Gasteiger charge is 2.14. The van der Waals surface area contributed by atoms with Gasteiger partial charge in [-0.3, -0.25) is 19.3 Å². The Labute approximate surface area is 164 Å². The zero-order valence-corrected chi connectivity index (χ0v) is 16.0. The van der Waals surface area contributed by atoms with Crippen LogP contribution in [0.3, 0.4) is 0 Å². The summed E-state index contributed by atoms with van der Waals surface area (Å²) in [7, 11) is 1.75. The van der Waals surface area contributed by atoms with E-state index in [0.717, 1.165) is 0 Å². The largest absolute Gasteiger partial charge is 0.481 e. The van der Waals surface area contributed by atoms with Crippen LogP contribution in [0.5, 0.6) is 0 Å². The smallest absolute Gasteiger partial charge is 0.303 e. The standard InChI is InChI=1S/C17H17Cl2N5O3/c1-23(10-5-6-11(18)12(19)8-10)17-21-13-9-20-24(15(13)16(27)22-17)7-3-2-4-14(25)26/h5-6,8-9H,2-4,7H2,1H3,(H,25,26)(H,21,22,27). The summed E-state index contributed by atoms with van der Waals surface area (Å²) in [5.74, 6) is -0.494. The average molecular weight is 410 g/mol. The molecule has 0 radical (unpaired) electrons. The molecule has 1 aromatic carbocycles. The van der Waals surface area contributed by atoms with Crippen LogP contribution < -0.4 is 10.5 Å². The molecule has 10 heteroatoms. The highest BCUT2D eigenvalue weighted by atomic mass is 35.5. The van der Waals surface area contributed by atoms with Gasteiger partial charge in [0.2, 0.25) is 5.95 Å². The number of nitrogens with one attached hydrogen (secondary N) is 1. The summed E-state index contributed by atoms with van der Waals surface area (Å²) in [6.45, 7) is 0.448. The van der Waals surface area contributed by atoms with Gasteiger partial charge in [0.05, 0.1) is 16.2 Å². The molecule has 0 spiro atoms. The van der Waals surface area contributed by atoms with Crippen molar-refractivity contribution in [3.8, 4) is 0 Å².